The van der Waals surface area contributed by atoms with Gasteiger partial charge in [-0.3, -0.25) is 0 Å². The monoisotopic (exact) mass is 280 g/mol. The summed E-state index contributed by atoms with van der Waals surface area (Å²) in [7, 11) is -1.27. The van der Waals surface area contributed by atoms with Crippen LogP contribution in [0.1, 0.15) is 19.3 Å². The van der Waals surface area contributed by atoms with E-state index in [9.17, 15) is 0 Å². The van der Waals surface area contributed by atoms with Gasteiger partial charge in [-0.2, -0.15) is 0 Å². The largest absolute Gasteiger partial charge is 0.501 e. The third-order valence-electron chi connectivity index (χ3n) is 3.84. The van der Waals surface area contributed by atoms with E-state index < -0.39 is 8.80 Å². The third-order valence-corrected chi connectivity index (χ3v) is 6.72. The number of allylic oxidation sites excluding steroid dienone is 2. The molecule has 0 bridgehead atoms. The van der Waals surface area contributed by atoms with Crippen LogP contribution < -0.4 is 10.4 Å². The fraction of sp³-hybridized carbons (Fsp3) is 0.222. The van der Waals surface area contributed by atoms with E-state index >= 15 is 0 Å². The van der Waals surface area contributed by atoms with E-state index in [1.807, 2.05) is 0 Å². The summed E-state index contributed by atoms with van der Waals surface area (Å²) in [6, 6.07) is 21.7. The van der Waals surface area contributed by atoms with Gasteiger partial charge >= 0.3 is 0 Å². The fourth-order valence-corrected chi connectivity index (χ4v) is 5.24. The molecule has 0 saturated carbocycles. The zero-order valence-corrected chi connectivity index (χ0v) is 12.8. The number of benzene rings is 2. The smallest absolute Gasteiger partial charge is 0.145 e. The summed E-state index contributed by atoms with van der Waals surface area (Å²) in [4.78, 5) is 0. The Balaban J connectivity index is 1.80. The summed E-state index contributed by atoms with van der Waals surface area (Å²) in [5.41, 5.74) is 0. The van der Waals surface area contributed by atoms with E-state index in [1.165, 1.54) is 29.0 Å². The normalized spacial score (nSPS) is 14.3. The average molecular weight is 280 g/mol. The molecule has 20 heavy (non-hydrogen) atoms. The molecule has 2 aromatic carbocycles. The molecule has 0 spiro atoms. The van der Waals surface area contributed by atoms with Crippen molar-refractivity contribution in [3.63, 3.8) is 0 Å². The van der Waals surface area contributed by atoms with Crippen molar-refractivity contribution in [2.24, 2.45) is 0 Å². The first-order chi connectivity index (χ1) is 9.93. The molecule has 0 amide bonds. The number of ether oxygens (including phenoxy) is 1. The van der Waals surface area contributed by atoms with Gasteiger partial charge in [-0.15, -0.1) is 0 Å². The molecule has 0 unspecified atom stereocenters. The Kier molecular flexibility index (Phi) is 4.34. The second-order valence-electron chi connectivity index (χ2n) is 5.25. The molecule has 3 rings (SSSR count). The SMILES string of the molecule is C1=C(OC[SiH](c2ccccc2)c2ccccc2)CCC1. The molecule has 0 aliphatic heterocycles. The summed E-state index contributed by atoms with van der Waals surface area (Å²) in [6.07, 6.45) is 6.66. The molecule has 1 nitrogen and oxygen atoms in total. The van der Waals surface area contributed by atoms with Gasteiger partial charge in [-0.25, -0.2) is 0 Å². The number of hydrogen-bond acceptors (Lipinski definition) is 1. The van der Waals surface area contributed by atoms with Crippen molar-refractivity contribution in [1.82, 2.24) is 0 Å². The minimum absolute atomic E-state index is 0.861. The predicted octanol–water partition coefficient (Wildman–Crippen LogP) is 2.65. The van der Waals surface area contributed by atoms with Crippen molar-refractivity contribution in [2.75, 3.05) is 6.23 Å². The third kappa shape index (κ3) is 3.20. The second kappa shape index (κ2) is 6.57. The van der Waals surface area contributed by atoms with Crippen LogP contribution in [0.3, 0.4) is 0 Å². The molecule has 0 N–H and O–H groups in total. The van der Waals surface area contributed by atoms with Crippen molar-refractivity contribution < 1.29 is 4.74 Å². The lowest BCUT2D eigenvalue weighted by Gasteiger charge is -2.17. The molecule has 0 heterocycles. The minimum atomic E-state index is -1.27. The van der Waals surface area contributed by atoms with E-state index in [2.05, 4.69) is 66.7 Å². The topological polar surface area (TPSA) is 9.23 Å². The fourth-order valence-electron chi connectivity index (χ4n) is 2.72. The van der Waals surface area contributed by atoms with Crippen LogP contribution in [-0.2, 0) is 4.74 Å². The first-order valence-corrected chi connectivity index (χ1v) is 9.32. The van der Waals surface area contributed by atoms with Gasteiger partial charge in [0.1, 0.15) is 8.80 Å². The Bertz CT molecular complexity index is 523. The van der Waals surface area contributed by atoms with E-state index in [-0.39, 0.29) is 0 Å². The quantitative estimate of drug-likeness (QED) is 0.765. The van der Waals surface area contributed by atoms with Crippen LogP contribution in [0.15, 0.2) is 72.5 Å². The lowest BCUT2D eigenvalue weighted by atomic mass is 10.4. The van der Waals surface area contributed by atoms with Gasteiger partial charge in [-0.05, 0) is 18.9 Å². The van der Waals surface area contributed by atoms with Crippen molar-refractivity contribution in [3.8, 4) is 0 Å². The highest BCUT2D eigenvalue weighted by atomic mass is 28.3. The average Bonchev–Trinajstić information content (AvgIpc) is 3.03. The van der Waals surface area contributed by atoms with E-state index in [4.69, 9.17) is 4.74 Å². The van der Waals surface area contributed by atoms with Crippen LogP contribution in [-0.4, -0.2) is 15.0 Å². The summed E-state index contributed by atoms with van der Waals surface area (Å²) >= 11 is 0. The maximum absolute atomic E-state index is 6.10. The molecular weight excluding hydrogens is 260 g/mol. The highest BCUT2D eigenvalue weighted by Crippen LogP contribution is 2.18. The maximum atomic E-state index is 6.10. The van der Waals surface area contributed by atoms with Gasteiger partial charge in [0, 0.05) is 6.42 Å². The summed E-state index contributed by atoms with van der Waals surface area (Å²) in [5.74, 6) is 1.20. The lowest BCUT2D eigenvalue weighted by Crippen LogP contribution is -2.46. The zero-order valence-electron chi connectivity index (χ0n) is 11.7. The van der Waals surface area contributed by atoms with Gasteiger partial charge in [-0.1, -0.05) is 71.0 Å². The maximum Gasteiger partial charge on any atom is 0.145 e. The van der Waals surface area contributed by atoms with Gasteiger partial charge in [0.25, 0.3) is 0 Å². The van der Waals surface area contributed by atoms with Crippen LogP contribution in [0.25, 0.3) is 0 Å². The highest BCUT2D eigenvalue weighted by molar-refractivity contribution is 6.85. The first kappa shape index (κ1) is 13.2. The molecule has 2 heteroatoms. The van der Waals surface area contributed by atoms with Gasteiger partial charge in [0.15, 0.2) is 0 Å². The van der Waals surface area contributed by atoms with Crippen molar-refractivity contribution >= 4 is 19.2 Å². The molecule has 0 fully saturated rings. The summed E-state index contributed by atoms with van der Waals surface area (Å²) < 4.78 is 6.10. The van der Waals surface area contributed by atoms with E-state index in [0.717, 1.165) is 12.7 Å². The van der Waals surface area contributed by atoms with Crippen molar-refractivity contribution in [3.05, 3.63) is 72.5 Å². The number of rotatable bonds is 5. The molecule has 0 aromatic heterocycles. The van der Waals surface area contributed by atoms with Crippen LogP contribution in [0.2, 0.25) is 0 Å². The molecular formula is C18H20OSi. The van der Waals surface area contributed by atoms with Gasteiger partial charge in [0.2, 0.25) is 0 Å². The van der Waals surface area contributed by atoms with E-state index in [0.29, 0.717) is 0 Å². The molecule has 1 aliphatic rings. The van der Waals surface area contributed by atoms with Crippen molar-refractivity contribution in [2.45, 2.75) is 19.3 Å². The Morgan fingerprint density at radius 2 is 1.45 bits per heavy atom. The highest BCUT2D eigenvalue weighted by Gasteiger charge is 2.18. The van der Waals surface area contributed by atoms with Crippen LogP contribution in [0.4, 0.5) is 0 Å². The first-order valence-electron chi connectivity index (χ1n) is 7.35. The molecule has 1 aliphatic carbocycles. The predicted molar refractivity (Wildman–Crippen MR) is 87.2 cm³/mol. The zero-order chi connectivity index (χ0) is 13.6. The minimum Gasteiger partial charge on any atom is -0.501 e. The Labute approximate surface area is 122 Å². The second-order valence-corrected chi connectivity index (χ2v) is 8.02. The van der Waals surface area contributed by atoms with Gasteiger partial charge < -0.3 is 4.74 Å². The lowest BCUT2D eigenvalue weighted by molar-refractivity contribution is 0.257. The molecule has 0 saturated heterocycles. The Morgan fingerprint density at radius 3 is 1.95 bits per heavy atom. The van der Waals surface area contributed by atoms with E-state index in [1.54, 1.807) is 0 Å². The van der Waals surface area contributed by atoms with Crippen LogP contribution >= 0.6 is 0 Å². The summed E-state index contributed by atoms with van der Waals surface area (Å²) in [5, 5.41) is 2.91. The molecule has 102 valence electrons. The molecule has 0 radical (unpaired) electrons. The van der Waals surface area contributed by atoms with Crippen LogP contribution in [0, 0.1) is 0 Å². The van der Waals surface area contributed by atoms with Gasteiger partial charge in [0.05, 0.1) is 12.0 Å². The molecule has 0 atom stereocenters. The Hall–Kier alpha value is -1.80. The number of hydrogen-bond donors (Lipinski definition) is 0. The standard InChI is InChI=1S/C18H20OSi/c1-3-11-17(12-4-1)20(18-13-5-2-6-14-18)15-19-16-9-7-8-10-16/h1-6,9,11-14,20H,7-8,10,15H2. The van der Waals surface area contributed by atoms with Crippen LogP contribution in [0.5, 0.6) is 0 Å². The Morgan fingerprint density at radius 1 is 0.850 bits per heavy atom. The molecule has 2 aromatic rings. The summed E-state index contributed by atoms with van der Waals surface area (Å²) in [6.45, 7) is 0. The van der Waals surface area contributed by atoms with Crippen molar-refractivity contribution in [1.29, 1.82) is 0 Å².